The topological polar surface area (TPSA) is 130 Å². The summed E-state index contributed by atoms with van der Waals surface area (Å²) in [6.07, 6.45) is -13.2. The fourth-order valence-electron chi connectivity index (χ4n) is 5.77. The lowest BCUT2D eigenvalue weighted by Gasteiger charge is -2.28. The van der Waals surface area contributed by atoms with E-state index in [1.54, 1.807) is 0 Å². The van der Waals surface area contributed by atoms with Crippen LogP contribution in [0.1, 0.15) is 57.8 Å². The Hall–Kier alpha value is -5.42. The highest BCUT2D eigenvalue weighted by Crippen LogP contribution is 2.40. The molecule has 6 rings (SSSR count). The number of carbonyl (C=O) groups excluding carboxylic acids is 2. The minimum absolute atomic E-state index is 0.0228. The van der Waals surface area contributed by atoms with E-state index in [0.29, 0.717) is 23.3 Å². The number of alkyl halides is 6. The first-order chi connectivity index (χ1) is 24.3. The van der Waals surface area contributed by atoms with Crippen molar-refractivity contribution in [3.05, 3.63) is 94.3 Å². The third kappa shape index (κ3) is 9.08. The summed E-state index contributed by atoms with van der Waals surface area (Å²) in [4.78, 5) is 30.7. The van der Waals surface area contributed by atoms with E-state index in [4.69, 9.17) is 20.9 Å². The highest BCUT2D eigenvalue weighted by Gasteiger charge is 2.37. The van der Waals surface area contributed by atoms with Gasteiger partial charge in [0.15, 0.2) is 0 Å². The predicted molar refractivity (Wildman–Crippen MR) is 163 cm³/mol. The van der Waals surface area contributed by atoms with Crippen molar-refractivity contribution in [2.75, 3.05) is 0 Å². The lowest BCUT2D eigenvalue weighted by molar-refractivity contribution is -0.153. The molecule has 2 amide bonds. The Morgan fingerprint density at radius 2 is 0.981 bits per heavy atom. The summed E-state index contributed by atoms with van der Waals surface area (Å²) in [6.45, 7) is 0. The number of carbonyl (C=O) groups is 2. The van der Waals surface area contributed by atoms with E-state index < -0.39 is 72.5 Å². The van der Waals surface area contributed by atoms with Gasteiger partial charge in [0, 0.05) is 34.4 Å². The largest absolute Gasteiger partial charge is 0.474 e. The fraction of sp³-hybridized carbons (Fsp3) is 0.294. The smallest absolute Gasteiger partial charge is 0.392 e. The second-order valence-corrected chi connectivity index (χ2v) is 11.9. The zero-order valence-electron chi connectivity index (χ0n) is 26.5. The van der Waals surface area contributed by atoms with Crippen molar-refractivity contribution in [1.29, 1.82) is 0 Å². The number of rotatable bonds is 6. The molecule has 2 atom stereocenters. The molecule has 52 heavy (non-hydrogen) atoms. The molecule has 0 saturated carbocycles. The molecule has 0 aliphatic carbocycles. The van der Waals surface area contributed by atoms with Gasteiger partial charge in [-0.15, -0.1) is 0 Å². The van der Waals surface area contributed by atoms with Crippen LogP contribution in [-0.4, -0.2) is 46.3 Å². The SMILES string of the molecule is NC(=O)c1cc(-c2ccc(F)cc2F)c2c(n1)O[C@@H](CC(F)(F)F)CC2.NC(=O)c1cc(-c2ccc(F)cc2F)c2c(n1)O[C@H](CC(F)(F)F)CC2. The normalized spacial score (nSPS) is 16.7. The lowest BCUT2D eigenvalue weighted by Crippen LogP contribution is -2.30. The van der Waals surface area contributed by atoms with Crippen molar-refractivity contribution in [3.63, 3.8) is 0 Å². The van der Waals surface area contributed by atoms with Crippen molar-refractivity contribution in [3.8, 4) is 34.0 Å². The van der Waals surface area contributed by atoms with Crippen molar-refractivity contribution in [1.82, 2.24) is 9.97 Å². The second-order valence-electron chi connectivity index (χ2n) is 11.9. The summed E-state index contributed by atoms with van der Waals surface area (Å²) in [5.41, 5.74) is 10.9. The van der Waals surface area contributed by atoms with Gasteiger partial charge in [0.25, 0.3) is 11.8 Å². The van der Waals surface area contributed by atoms with Crippen LogP contribution in [0, 0.1) is 23.3 Å². The summed E-state index contributed by atoms with van der Waals surface area (Å²) in [5.74, 6) is -5.62. The maximum absolute atomic E-state index is 14.2. The second kappa shape index (κ2) is 14.7. The van der Waals surface area contributed by atoms with Gasteiger partial charge in [-0.1, -0.05) is 0 Å². The minimum Gasteiger partial charge on any atom is -0.474 e. The van der Waals surface area contributed by atoms with Gasteiger partial charge < -0.3 is 20.9 Å². The Labute approximate surface area is 287 Å². The number of amides is 2. The van der Waals surface area contributed by atoms with Crippen LogP contribution < -0.4 is 20.9 Å². The average molecular weight is 745 g/mol. The lowest BCUT2D eigenvalue weighted by atomic mass is 9.93. The van der Waals surface area contributed by atoms with E-state index in [1.165, 1.54) is 24.3 Å². The van der Waals surface area contributed by atoms with Gasteiger partial charge in [-0.25, -0.2) is 27.5 Å². The molecule has 18 heteroatoms. The summed E-state index contributed by atoms with van der Waals surface area (Å²) < 4.78 is 141. The Morgan fingerprint density at radius 1 is 0.615 bits per heavy atom. The van der Waals surface area contributed by atoms with Crippen LogP contribution in [-0.2, 0) is 12.8 Å². The van der Waals surface area contributed by atoms with Gasteiger partial charge in [-0.3, -0.25) is 9.59 Å². The van der Waals surface area contributed by atoms with Crippen LogP contribution in [0.2, 0.25) is 0 Å². The molecule has 8 nitrogen and oxygen atoms in total. The summed E-state index contributed by atoms with van der Waals surface area (Å²) >= 11 is 0. The molecule has 276 valence electrons. The molecule has 4 N–H and O–H groups in total. The van der Waals surface area contributed by atoms with Crippen LogP contribution >= 0.6 is 0 Å². The molecule has 2 aromatic carbocycles. The Kier molecular flexibility index (Phi) is 10.7. The van der Waals surface area contributed by atoms with E-state index in [0.717, 1.165) is 12.1 Å². The van der Waals surface area contributed by atoms with Gasteiger partial charge in [0.2, 0.25) is 11.8 Å². The molecule has 2 aromatic heterocycles. The third-order valence-corrected chi connectivity index (χ3v) is 8.03. The highest BCUT2D eigenvalue weighted by atomic mass is 19.4. The minimum atomic E-state index is -4.42. The van der Waals surface area contributed by atoms with E-state index in [2.05, 4.69) is 9.97 Å². The molecule has 0 radical (unpaired) electrons. The highest BCUT2D eigenvalue weighted by molar-refractivity contribution is 5.93. The molecule has 0 saturated heterocycles. The summed E-state index contributed by atoms with van der Waals surface area (Å²) in [7, 11) is 0. The van der Waals surface area contributed by atoms with Gasteiger partial charge in [0.1, 0.15) is 46.9 Å². The van der Waals surface area contributed by atoms with Gasteiger partial charge in [0.05, 0.1) is 12.8 Å². The quantitative estimate of drug-likeness (QED) is 0.196. The third-order valence-electron chi connectivity index (χ3n) is 8.03. The first-order valence-corrected chi connectivity index (χ1v) is 15.3. The first kappa shape index (κ1) is 37.8. The fourth-order valence-corrected chi connectivity index (χ4v) is 5.77. The van der Waals surface area contributed by atoms with Gasteiger partial charge in [-0.2, -0.15) is 26.3 Å². The number of pyridine rings is 2. The van der Waals surface area contributed by atoms with Crippen LogP contribution in [0.3, 0.4) is 0 Å². The molecule has 0 fully saturated rings. The monoisotopic (exact) mass is 744 g/mol. The zero-order valence-corrected chi connectivity index (χ0v) is 26.5. The number of nitrogens with zero attached hydrogens (tertiary/aromatic N) is 2. The van der Waals surface area contributed by atoms with Crippen LogP contribution in [0.25, 0.3) is 22.3 Å². The molecular weight excluding hydrogens is 718 g/mol. The van der Waals surface area contributed by atoms with Gasteiger partial charge >= 0.3 is 12.4 Å². The van der Waals surface area contributed by atoms with E-state index in [1.807, 2.05) is 0 Å². The number of benzene rings is 2. The Bertz CT molecular complexity index is 1880. The van der Waals surface area contributed by atoms with Crippen LogP contribution in [0.4, 0.5) is 43.9 Å². The molecule has 2 aliphatic heterocycles. The number of primary amides is 2. The maximum Gasteiger partial charge on any atom is 0.392 e. The zero-order chi connectivity index (χ0) is 38.1. The number of hydrogen-bond acceptors (Lipinski definition) is 6. The summed E-state index contributed by atoms with van der Waals surface area (Å²) in [6, 6.07) is 8.21. The number of hydrogen-bond donors (Lipinski definition) is 2. The Morgan fingerprint density at radius 3 is 1.29 bits per heavy atom. The Balaban J connectivity index is 0.000000201. The number of fused-ring (bicyclic) bond motifs is 2. The standard InChI is InChI=1S/2C17H13F5N2O2/c2*18-8-1-3-10(13(19)5-8)12-6-14(15(23)25)24-16-11(12)4-2-9(26-16)7-17(20,21)22/h2*1,3,5-6,9H,2,4,7H2,(H2,23,25)/t2*9-/m10/s1. The van der Waals surface area contributed by atoms with E-state index in [-0.39, 0.29) is 71.1 Å². The van der Waals surface area contributed by atoms with E-state index in [9.17, 15) is 53.5 Å². The summed E-state index contributed by atoms with van der Waals surface area (Å²) in [5, 5.41) is 0. The molecular formula is C34H26F10N4O4. The van der Waals surface area contributed by atoms with Crippen molar-refractivity contribution < 1.29 is 63.0 Å². The number of nitrogens with two attached hydrogens (primary N) is 2. The van der Waals surface area contributed by atoms with Crippen LogP contribution in [0.15, 0.2) is 48.5 Å². The van der Waals surface area contributed by atoms with Gasteiger partial charge in [-0.05, 0) is 73.2 Å². The number of halogens is 10. The maximum atomic E-state index is 14.2. The molecule has 4 heterocycles. The number of aromatic nitrogens is 2. The van der Waals surface area contributed by atoms with E-state index >= 15 is 0 Å². The van der Waals surface area contributed by atoms with Crippen LogP contribution in [0.5, 0.6) is 11.8 Å². The molecule has 0 spiro atoms. The predicted octanol–water partition coefficient (Wildman–Crippen LogP) is 7.54. The van der Waals surface area contributed by atoms with Crippen molar-refractivity contribution in [2.45, 2.75) is 63.1 Å². The van der Waals surface area contributed by atoms with Crippen molar-refractivity contribution in [2.24, 2.45) is 11.5 Å². The molecule has 0 unspecified atom stereocenters. The molecule has 4 aromatic rings. The first-order valence-electron chi connectivity index (χ1n) is 15.3. The molecule has 2 aliphatic rings. The number of ether oxygens (including phenoxy) is 2. The van der Waals surface area contributed by atoms with Crippen molar-refractivity contribution >= 4 is 11.8 Å². The molecule has 0 bridgehead atoms. The average Bonchev–Trinajstić information content (AvgIpc) is 3.02.